The van der Waals surface area contributed by atoms with Gasteiger partial charge in [-0.1, -0.05) is 29.3 Å². The van der Waals surface area contributed by atoms with Gasteiger partial charge in [0.25, 0.3) is 0 Å². The quantitative estimate of drug-likeness (QED) is 0.901. The van der Waals surface area contributed by atoms with Crippen LogP contribution in [0.1, 0.15) is 6.42 Å². The molecule has 1 aliphatic rings. The monoisotopic (exact) mass is 273 g/mol. The van der Waals surface area contributed by atoms with E-state index in [-0.39, 0.29) is 23.9 Å². The van der Waals surface area contributed by atoms with E-state index in [1.807, 2.05) is 0 Å². The number of amides is 1. The molecule has 0 aromatic heterocycles. The number of halogens is 2. The highest BCUT2D eigenvalue weighted by atomic mass is 35.5. The lowest BCUT2D eigenvalue weighted by Crippen LogP contribution is -2.26. The summed E-state index contributed by atoms with van der Waals surface area (Å²) in [5.41, 5.74) is 0.466. The van der Waals surface area contributed by atoms with Crippen molar-refractivity contribution in [3.63, 3.8) is 0 Å². The Morgan fingerprint density at radius 1 is 1.41 bits per heavy atom. The molecule has 0 spiro atoms. The van der Waals surface area contributed by atoms with Gasteiger partial charge in [0.2, 0.25) is 5.91 Å². The second-order valence-corrected chi connectivity index (χ2v) is 4.60. The zero-order valence-corrected chi connectivity index (χ0v) is 10.2. The third-order valence-corrected chi connectivity index (χ3v) is 3.51. The Labute approximate surface area is 108 Å². The Kier molecular flexibility index (Phi) is 3.26. The predicted octanol–water partition coefficient (Wildman–Crippen LogP) is 2.43. The van der Waals surface area contributed by atoms with Crippen molar-refractivity contribution in [1.82, 2.24) is 0 Å². The Morgan fingerprint density at radius 2 is 2.12 bits per heavy atom. The van der Waals surface area contributed by atoms with Crippen molar-refractivity contribution in [2.45, 2.75) is 6.42 Å². The summed E-state index contributed by atoms with van der Waals surface area (Å²) in [6, 6.07) is 4.93. The van der Waals surface area contributed by atoms with E-state index in [9.17, 15) is 9.59 Å². The lowest BCUT2D eigenvalue weighted by atomic mass is 10.1. The Bertz CT molecular complexity index is 490. The van der Waals surface area contributed by atoms with Crippen LogP contribution in [0.3, 0.4) is 0 Å². The van der Waals surface area contributed by atoms with E-state index in [1.54, 1.807) is 18.2 Å². The summed E-state index contributed by atoms with van der Waals surface area (Å²) in [7, 11) is 0. The van der Waals surface area contributed by atoms with Crippen molar-refractivity contribution in [2.75, 3.05) is 11.4 Å². The van der Waals surface area contributed by atoms with E-state index in [2.05, 4.69) is 0 Å². The topological polar surface area (TPSA) is 57.6 Å². The number of rotatable bonds is 2. The molecule has 1 saturated heterocycles. The maximum Gasteiger partial charge on any atom is 0.308 e. The first-order chi connectivity index (χ1) is 8.00. The van der Waals surface area contributed by atoms with Crippen LogP contribution in [0.2, 0.25) is 10.0 Å². The van der Waals surface area contributed by atoms with Crippen LogP contribution in [0.15, 0.2) is 18.2 Å². The van der Waals surface area contributed by atoms with Gasteiger partial charge in [-0.15, -0.1) is 0 Å². The second kappa shape index (κ2) is 4.55. The molecule has 1 N–H and O–H groups in total. The van der Waals surface area contributed by atoms with Crippen LogP contribution in [0, 0.1) is 5.92 Å². The molecule has 0 saturated carbocycles. The molecular formula is C11H9Cl2NO3. The van der Waals surface area contributed by atoms with Crippen LogP contribution in [0.4, 0.5) is 5.69 Å². The van der Waals surface area contributed by atoms with Gasteiger partial charge in [-0.3, -0.25) is 9.59 Å². The summed E-state index contributed by atoms with van der Waals surface area (Å²) < 4.78 is 0. The van der Waals surface area contributed by atoms with Gasteiger partial charge in [0.15, 0.2) is 0 Å². The number of carboxylic acids is 1. The smallest absolute Gasteiger partial charge is 0.308 e. The highest BCUT2D eigenvalue weighted by Gasteiger charge is 2.35. The Balaban J connectivity index is 2.32. The van der Waals surface area contributed by atoms with Gasteiger partial charge >= 0.3 is 5.97 Å². The molecule has 6 heteroatoms. The Morgan fingerprint density at radius 3 is 2.71 bits per heavy atom. The molecule has 1 atom stereocenters. The van der Waals surface area contributed by atoms with E-state index in [4.69, 9.17) is 28.3 Å². The second-order valence-electron chi connectivity index (χ2n) is 3.82. The largest absolute Gasteiger partial charge is 0.481 e. The fourth-order valence-corrected chi connectivity index (χ4v) is 2.20. The van der Waals surface area contributed by atoms with Gasteiger partial charge in [0.05, 0.1) is 21.7 Å². The molecule has 0 aliphatic carbocycles. The summed E-state index contributed by atoms with van der Waals surface area (Å²) in [6.45, 7) is 0.133. The van der Waals surface area contributed by atoms with Crippen molar-refractivity contribution in [3.8, 4) is 0 Å². The number of carboxylic acid groups (broad SMARTS) is 1. The van der Waals surface area contributed by atoms with Crippen LogP contribution >= 0.6 is 23.2 Å². The van der Waals surface area contributed by atoms with Gasteiger partial charge in [0, 0.05) is 13.0 Å². The van der Waals surface area contributed by atoms with Crippen LogP contribution in [0.25, 0.3) is 0 Å². The Hall–Kier alpha value is -1.26. The number of hydrogen-bond acceptors (Lipinski definition) is 2. The number of anilines is 1. The summed E-state index contributed by atoms with van der Waals surface area (Å²) >= 11 is 11.8. The molecule has 1 aromatic carbocycles. The summed E-state index contributed by atoms with van der Waals surface area (Å²) in [5, 5.41) is 9.50. The van der Waals surface area contributed by atoms with Crippen LogP contribution in [-0.2, 0) is 9.59 Å². The average Bonchev–Trinajstić information content (AvgIpc) is 2.65. The molecule has 2 rings (SSSR count). The highest BCUT2D eigenvalue weighted by Crippen LogP contribution is 2.35. The lowest BCUT2D eigenvalue weighted by molar-refractivity contribution is -0.141. The number of carbonyl (C=O) groups excluding carboxylic acids is 1. The molecule has 0 bridgehead atoms. The maximum atomic E-state index is 11.7. The number of nitrogens with zero attached hydrogens (tertiary/aromatic N) is 1. The van der Waals surface area contributed by atoms with E-state index in [1.165, 1.54) is 4.90 Å². The van der Waals surface area contributed by atoms with Crippen LogP contribution in [0.5, 0.6) is 0 Å². The van der Waals surface area contributed by atoms with Gasteiger partial charge in [0.1, 0.15) is 0 Å². The number of aliphatic carboxylic acids is 1. The van der Waals surface area contributed by atoms with E-state index in [0.717, 1.165) is 0 Å². The van der Waals surface area contributed by atoms with Gasteiger partial charge in [-0.05, 0) is 12.1 Å². The zero-order chi connectivity index (χ0) is 12.6. The summed E-state index contributed by atoms with van der Waals surface area (Å²) in [6.07, 6.45) is -0.00181. The molecule has 1 amide bonds. The van der Waals surface area contributed by atoms with Crippen LogP contribution < -0.4 is 4.90 Å². The van der Waals surface area contributed by atoms with E-state index >= 15 is 0 Å². The standard InChI is InChI=1S/C11H9Cl2NO3/c12-7-2-1-3-8(10(7)13)14-5-6(11(16)17)4-9(14)15/h1-3,6H,4-5H2,(H,16,17)/t6-/m0/s1. The SMILES string of the molecule is O=C(O)[C@H]1CC(=O)N(c2cccc(Cl)c2Cl)C1. The normalized spacial score (nSPS) is 19.8. The molecule has 1 aromatic rings. The fraction of sp³-hybridized carbons (Fsp3) is 0.273. The molecule has 1 aliphatic heterocycles. The highest BCUT2D eigenvalue weighted by molar-refractivity contribution is 6.44. The minimum Gasteiger partial charge on any atom is -0.481 e. The van der Waals surface area contributed by atoms with Gasteiger partial charge < -0.3 is 10.0 Å². The molecule has 0 radical (unpaired) electrons. The van der Waals surface area contributed by atoms with Crippen LogP contribution in [-0.4, -0.2) is 23.5 Å². The fourth-order valence-electron chi connectivity index (χ4n) is 1.81. The van der Waals surface area contributed by atoms with Crippen molar-refractivity contribution in [2.24, 2.45) is 5.92 Å². The van der Waals surface area contributed by atoms with Gasteiger partial charge in [-0.2, -0.15) is 0 Å². The number of hydrogen-bond donors (Lipinski definition) is 1. The maximum absolute atomic E-state index is 11.7. The molecule has 90 valence electrons. The summed E-state index contributed by atoms with van der Waals surface area (Å²) in [4.78, 5) is 23.9. The molecule has 0 unspecified atom stereocenters. The molecule has 4 nitrogen and oxygen atoms in total. The minimum absolute atomic E-state index is 0.00181. The van der Waals surface area contributed by atoms with Gasteiger partial charge in [-0.25, -0.2) is 0 Å². The third-order valence-electron chi connectivity index (χ3n) is 2.70. The minimum atomic E-state index is -0.973. The van der Waals surface area contributed by atoms with E-state index in [0.29, 0.717) is 10.7 Å². The van der Waals surface area contributed by atoms with Crippen molar-refractivity contribution in [3.05, 3.63) is 28.2 Å². The predicted molar refractivity (Wildman–Crippen MR) is 64.6 cm³/mol. The average molecular weight is 274 g/mol. The molecular weight excluding hydrogens is 265 g/mol. The van der Waals surface area contributed by atoms with Crippen molar-refractivity contribution >= 4 is 40.8 Å². The zero-order valence-electron chi connectivity index (χ0n) is 8.69. The van der Waals surface area contributed by atoms with E-state index < -0.39 is 11.9 Å². The molecule has 1 heterocycles. The van der Waals surface area contributed by atoms with Crippen molar-refractivity contribution in [1.29, 1.82) is 0 Å². The van der Waals surface area contributed by atoms with Crippen molar-refractivity contribution < 1.29 is 14.7 Å². The summed E-state index contributed by atoms with van der Waals surface area (Å²) in [5.74, 6) is -1.90. The molecule has 17 heavy (non-hydrogen) atoms. The number of carbonyl (C=O) groups is 2. The first-order valence-corrected chi connectivity index (χ1v) is 5.73. The number of benzene rings is 1. The first kappa shape index (κ1) is 12.2. The third kappa shape index (κ3) is 2.23. The molecule has 1 fully saturated rings. The first-order valence-electron chi connectivity index (χ1n) is 4.98. The lowest BCUT2D eigenvalue weighted by Gasteiger charge is -2.18.